The molecule has 4 rings (SSSR count). The zero-order chi connectivity index (χ0) is 26.7. The second-order valence-corrected chi connectivity index (χ2v) is 10.4. The van der Waals surface area contributed by atoms with Crippen molar-refractivity contribution in [3.05, 3.63) is 101 Å². The highest BCUT2D eigenvalue weighted by molar-refractivity contribution is 9.10. The molecule has 0 N–H and O–H groups in total. The summed E-state index contributed by atoms with van der Waals surface area (Å²) in [7, 11) is 1.48. The molecule has 190 valence electrons. The van der Waals surface area contributed by atoms with Crippen LogP contribution in [0.15, 0.2) is 64.0 Å². The van der Waals surface area contributed by atoms with E-state index in [9.17, 15) is 19.7 Å². The van der Waals surface area contributed by atoms with E-state index >= 15 is 0 Å². The molecule has 2 amide bonds. The Morgan fingerprint density at radius 1 is 1.08 bits per heavy atom. The van der Waals surface area contributed by atoms with Crippen molar-refractivity contribution in [2.45, 2.75) is 13.2 Å². The molecule has 0 unspecified atom stereocenters. The van der Waals surface area contributed by atoms with Crippen molar-refractivity contribution >= 4 is 73.8 Å². The zero-order valence-corrected chi connectivity index (χ0v) is 23.0. The number of carbonyl (C=O) groups is 2. The minimum Gasteiger partial charge on any atom is -0.493 e. The Morgan fingerprint density at radius 3 is 2.38 bits per heavy atom. The van der Waals surface area contributed by atoms with Gasteiger partial charge in [0.05, 0.1) is 23.5 Å². The van der Waals surface area contributed by atoms with Crippen molar-refractivity contribution in [3.63, 3.8) is 0 Å². The summed E-state index contributed by atoms with van der Waals surface area (Å²) < 4.78 is 11.9. The summed E-state index contributed by atoms with van der Waals surface area (Å²) in [6, 6.07) is 14.4. The smallest absolute Gasteiger partial charge is 0.293 e. The fraction of sp³-hybridized carbons (Fsp3) is 0.120. The van der Waals surface area contributed by atoms with Gasteiger partial charge in [-0.3, -0.25) is 24.6 Å². The fourth-order valence-corrected chi connectivity index (χ4v) is 5.21. The predicted molar refractivity (Wildman–Crippen MR) is 146 cm³/mol. The van der Waals surface area contributed by atoms with Gasteiger partial charge in [0.15, 0.2) is 11.5 Å². The van der Waals surface area contributed by atoms with Crippen LogP contribution in [0.3, 0.4) is 0 Å². The maximum absolute atomic E-state index is 13.0. The third kappa shape index (κ3) is 6.10. The van der Waals surface area contributed by atoms with Gasteiger partial charge in [-0.25, -0.2) is 0 Å². The van der Waals surface area contributed by atoms with Gasteiger partial charge < -0.3 is 9.47 Å². The molecule has 3 aromatic rings. The van der Waals surface area contributed by atoms with Crippen LogP contribution in [0.2, 0.25) is 10.0 Å². The Labute approximate surface area is 234 Å². The quantitative estimate of drug-likeness (QED) is 0.146. The van der Waals surface area contributed by atoms with Crippen molar-refractivity contribution in [1.82, 2.24) is 4.90 Å². The van der Waals surface area contributed by atoms with Crippen molar-refractivity contribution in [2.24, 2.45) is 0 Å². The first kappa shape index (κ1) is 27.0. The van der Waals surface area contributed by atoms with Crippen LogP contribution in [-0.4, -0.2) is 28.1 Å². The zero-order valence-electron chi connectivity index (χ0n) is 19.1. The average Bonchev–Trinajstić information content (AvgIpc) is 3.13. The lowest BCUT2D eigenvalue weighted by Gasteiger charge is -2.15. The number of non-ortho nitro benzene ring substituents is 1. The summed E-state index contributed by atoms with van der Waals surface area (Å²) in [4.78, 5) is 37.3. The maximum Gasteiger partial charge on any atom is 0.293 e. The van der Waals surface area contributed by atoms with Crippen LogP contribution in [0.4, 0.5) is 10.5 Å². The number of nitro benzene ring substituents is 1. The second kappa shape index (κ2) is 11.6. The van der Waals surface area contributed by atoms with E-state index < -0.39 is 16.1 Å². The van der Waals surface area contributed by atoms with Crippen molar-refractivity contribution in [3.8, 4) is 11.5 Å². The van der Waals surface area contributed by atoms with Crippen LogP contribution in [0.5, 0.6) is 11.5 Å². The van der Waals surface area contributed by atoms with Gasteiger partial charge in [-0.05, 0) is 65.4 Å². The highest BCUT2D eigenvalue weighted by atomic mass is 79.9. The van der Waals surface area contributed by atoms with E-state index in [1.54, 1.807) is 48.5 Å². The van der Waals surface area contributed by atoms with Gasteiger partial charge >= 0.3 is 0 Å². The van der Waals surface area contributed by atoms with E-state index in [1.165, 1.54) is 19.2 Å². The average molecular weight is 624 g/mol. The number of imide groups is 1. The number of thioether (sulfide) groups is 1. The number of halogens is 3. The molecule has 0 saturated carbocycles. The third-order valence-corrected chi connectivity index (χ3v) is 7.66. The highest BCUT2D eigenvalue weighted by Crippen LogP contribution is 2.39. The van der Waals surface area contributed by atoms with Crippen LogP contribution in [0.25, 0.3) is 6.08 Å². The molecule has 8 nitrogen and oxygen atoms in total. The molecule has 1 aliphatic rings. The van der Waals surface area contributed by atoms with Crippen LogP contribution < -0.4 is 9.47 Å². The number of nitro groups is 1. The topological polar surface area (TPSA) is 99.0 Å². The van der Waals surface area contributed by atoms with Gasteiger partial charge in [0.25, 0.3) is 16.8 Å². The molecule has 1 saturated heterocycles. The Morgan fingerprint density at radius 2 is 1.76 bits per heavy atom. The summed E-state index contributed by atoms with van der Waals surface area (Å²) in [5.74, 6) is 0.361. The highest BCUT2D eigenvalue weighted by Gasteiger charge is 2.36. The Kier molecular flexibility index (Phi) is 8.43. The van der Waals surface area contributed by atoms with E-state index in [4.69, 9.17) is 32.7 Å². The van der Waals surface area contributed by atoms with E-state index in [0.29, 0.717) is 37.1 Å². The Balaban J connectivity index is 1.53. The van der Waals surface area contributed by atoms with E-state index in [-0.39, 0.29) is 23.7 Å². The van der Waals surface area contributed by atoms with Crippen LogP contribution in [0.1, 0.15) is 16.7 Å². The molecule has 0 atom stereocenters. The Bertz CT molecular complexity index is 1410. The minimum absolute atomic E-state index is 0.00666. The molecule has 0 radical (unpaired) electrons. The number of ether oxygens (including phenoxy) is 2. The lowest BCUT2D eigenvalue weighted by molar-refractivity contribution is -0.384. The van der Waals surface area contributed by atoms with Gasteiger partial charge in [-0.15, -0.1) is 0 Å². The largest absolute Gasteiger partial charge is 0.493 e. The maximum atomic E-state index is 13.0. The number of benzene rings is 3. The molecule has 0 aromatic heterocycles. The molecule has 1 heterocycles. The van der Waals surface area contributed by atoms with Crippen LogP contribution in [-0.2, 0) is 17.9 Å². The molecule has 3 aromatic carbocycles. The molecular formula is C25H17BrCl2N2O6S. The molecule has 37 heavy (non-hydrogen) atoms. The molecule has 12 heteroatoms. The SMILES string of the molecule is COc1cc(/C=C2/SC(=O)N(Cc3c(Cl)cccc3Cl)C2=O)c(Br)cc1OCc1ccc([N+](=O)[O-])cc1. The Hall–Kier alpha value is -3.05. The molecule has 0 spiro atoms. The summed E-state index contributed by atoms with van der Waals surface area (Å²) in [6.45, 7) is 0.115. The normalized spacial score (nSPS) is 14.4. The fourth-order valence-electron chi connectivity index (χ4n) is 3.43. The molecule has 1 aliphatic heterocycles. The summed E-state index contributed by atoms with van der Waals surface area (Å²) in [5.41, 5.74) is 1.82. The summed E-state index contributed by atoms with van der Waals surface area (Å²) >= 11 is 16.7. The van der Waals surface area contributed by atoms with Crippen LogP contribution >= 0.6 is 50.9 Å². The summed E-state index contributed by atoms with van der Waals surface area (Å²) in [6.07, 6.45) is 1.59. The summed E-state index contributed by atoms with van der Waals surface area (Å²) in [5, 5.41) is 11.1. The van der Waals surface area contributed by atoms with Gasteiger partial charge in [-0.2, -0.15) is 0 Å². The molecule has 1 fully saturated rings. The first-order valence-electron chi connectivity index (χ1n) is 10.6. The van der Waals surface area contributed by atoms with Gasteiger partial charge in [0, 0.05) is 32.2 Å². The number of hydrogen-bond donors (Lipinski definition) is 0. The van der Waals surface area contributed by atoms with E-state index in [2.05, 4.69) is 15.9 Å². The number of methoxy groups -OCH3 is 1. The first-order chi connectivity index (χ1) is 17.7. The van der Waals surface area contributed by atoms with Crippen molar-refractivity contribution in [1.29, 1.82) is 0 Å². The number of hydrogen-bond acceptors (Lipinski definition) is 7. The first-order valence-corrected chi connectivity index (χ1v) is 13.0. The number of nitrogens with zero attached hydrogens (tertiary/aromatic N) is 2. The lowest BCUT2D eigenvalue weighted by atomic mass is 10.1. The van der Waals surface area contributed by atoms with Crippen molar-refractivity contribution in [2.75, 3.05) is 7.11 Å². The molecule has 0 aliphatic carbocycles. The van der Waals surface area contributed by atoms with Crippen molar-refractivity contribution < 1.29 is 24.0 Å². The van der Waals surface area contributed by atoms with Gasteiger partial charge in [0.1, 0.15) is 6.61 Å². The standard InChI is InChI=1S/C25H17BrCl2N2O6S/c1-35-21-9-15(18(26)11-22(21)36-13-14-5-7-16(8-6-14)30(33)34)10-23-24(31)29(25(32)37-23)12-17-19(27)3-2-4-20(17)28/h2-11H,12-13H2,1H3/b23-10+. The van der Waals surface area contributed by atoms with Gasteiger partial charge in [-0.1, -0.05) is 45.2 Å². The van der Waals surface area contributed by atoms with Gasteiger partial charge in [0.2, 0.25) is 0 Å². The van der Waals surface area contributed by atoms with Crippen LogP contribution in [0, 0.1) is 10.1 Å². The third-order valence-electron chi connectivity index (χ3n) is 5.36. The second-order valence-electron chi connectivity index (χ2n) is 7.70. The monoisotopic (exact) mass is 622 g/mol. The predicted octanol–water partition coefficient (Wildman–Crippen LogP) is 7.49. The number of carbonyl (C=O) groups excluding carboxylic acids is 2. The lowest BCUT2D eigenvalue weighted by Crippen LogP contribution is -2.27. The minimum atomic E-state index is -0.468. The van der Waals surface area contributed by atoms with E-state index in [0.717, 1.165) is 22.2 Å². The number of amides is 2. The molecule has 0 bridgehead atoms. The number of rotatable bonds is 8. The molecular weight excluding hydrogens is 607 g/mol. The van der Waals surface area contributed by atoms with E-state index in [1.807, 2.05) is 0 Å².